The molecule has 0 unspecified atom stereocenters. The maximum absolute atomic E-state index is 12.6. The van der Waals surface area contributed by atoms with Crippen molar-refractivity contribution in [3.05, 3.63) is 58.3 Å². The quantitative estimate of drug-likeness (QED) is 0.610. The highest BCUT2D eigenvalue weighted by Crippen LogP contribution is 2.23. The SMILES string of the molecule is CNCCn1ncc2cc(-c3cc(C)c4nc(C)cn4n3)ccc2c1=O. The molecule has 0 atom stereocenters. The van der Waals surface area contributed by atoms with Crippen LogP contribution in [0.3, 0.4) is 0 Å². The number of hydrogen-bond donors (Lipinski definition) is 1. The standard InChI is InChI=1S/C19H20N6O/c1-12-8-17(23-25-11-13(2)22-18(12)25)14-4-5-16-15(9-14)10-21-24(19(16)26)7-6-20-3/h4-5,8-11,20H,6-7H2,1-3H3. The third kappa shape index (κ3) is 2.76. The molecule has 0 spiro atoms. The highest BCUT2D eigenvalue weighted by Gasteiger charge is 2.10. The molecule has 0 saturated heterocycles. The lowest BCUT2D eigenvalue weighted by atomic mass is 10.1. The molecule has 1 aromatic carbocycles. The first-order valence-corrected chi connectivity index (χ1v) is 8.55. The first-order chi connectivity index (χ1) is 12.6. The minimum Gasteiger partial charge on any atom is -0.318 e. The van der Waals surface area contributed by atoms with Crippen LogP contribution in [0, 0.1) is 13.8 Å². The fraction of sp³-hybridized carbons (Fsp3) is 0.263. The number of rotatable bonds is 4. The lowest BCUT2D eigenvalue weighted by Gasteiger charge is -2.08. The number of hydrogen-bond acceptors (Lipinski definition) is 5. The van der Waals surface area contributed by atoms with E-state index in [9.17, 15) is 4.79 Å². The van der Waals surface area contributed by atoms with Gasteiger partial charge in [-0.3, -0.25) is 4.79 Å². The molecule has 7 nitrogen and oxygen atoms in total. The second-order valence-corrected chi connectivity index (χ2v) is 6.44. The Morgan fingerprint density at radius 3 is 2.85 bits per heavy atom. The van der Waals surface area contributed by atoms with Crippen molar-refractivity contribution >= 4 is 16.4 Å². The van der Waals surface area contributed by atoms with Crippen molar-refractivity contribution in [2.75, 3.05) is 13.6 Å². The molecule has 0 aliphatic carbocycles. The van der Waals surface area contributed by atoms with E-state index in [4.69, 9.17) is 0 Å². The summed E-state index contributed by atoms with van der Waals surface area (Å²) < 4.78 is 3.29. The maximum Gasteiger partial charge on any atom is 0.274 e. The van der Waals surface area contributed by atoms with Crippen molar-refractivity contribution in [2.24, 2.45) is 0 Å². The van der Waals surface area contributed by atoms with Gasteiger partial charge in [-0.15, -0.1) is 0 Å². The zero-order valence-corrected chi connectivity index (χ0v) is 15.0. The Bertz CT molecular complexity index is 1170. The molecule has 4 rings (SSSR count). The number of nitrogens with one attached hydrogen (secondary N) is 1. The largest absolute Gasteiger partial charge is 0.318 e. The first kappa shape index (κ1) is 16.4. The molecule has 3 heterocycles. The van der Waals surface area contributed by atoms with Gasteiger partial charge in [-0.2, -0.15) is 10.2 Å². The van der Waals surface area contributed by atoms with Gasteiger partial charge < -0.3 is 5.32 Å². The normalized spacial score (nSPS) is 11.5. The maximum atomic E-state index is 12.6. The van der Waals surface area contributed by atoms with Crippen LogP contribution < -0.4 is 10.9 Å². The fourth-order valence-corrected chi connectivity index (χ4v) is 3.11. The fourth-order valence-electron chi connectivity index (χ4n) is 3.11. The summed E-state index contributed by atoms with van der Waals surface area (Å²) in [6.07, 6.45) is 3.65. The van der Waals surface area contributed by atoms with E-state index in [2.05, 4.69) is 20.5 Å². The number of benzene rings is 1. The van der Waals surface area contributed by atoms with Gasteiger partial charge in [-0.05, 0) is 44.7 Å². The molecule has 7 heteroatoms. The number of imidazole rings is 1. The predicted molar refractivity (Wildman–Crippen MR) is 101 cm³/mol. The Hall–Kier alpha value is -3.06. The molecule has 0 amide bonds. The summed E-state index contributed by atoms with van der Waals surface area (Å²) in [5.41, 5.74) is 4.57. The second-order valence-electron chi connectivity index (χ2n) is 6.44. The van der Waals surface area contributed by atoms with Crippen molar-refractivity contribution in [3.63, 3.8) is 0 Å². The number of fused-ring (bicyclic) bond motifs is 2. The van der Waals surface area contributed by atoms with Crippen LogP contribution in [0.1, 0.15) is 11.3 Å². The average molecular weight is 348 g/mol. The van der Waals surface area contributed by atoms with E-state index < -0.39 is 0 Å². The molecule has 0 aliphatic rings. The molecule has 0 saturated carbocycles. The molecular formula is C19H20N6O. The van der Waals surface area contributed by atoms with Crippen LogP contribution in [0.5, 0.6) is 0 Å². The number of nitrogens with zero attached hydrogens (tertiary/aromatic N) is 5. The van der Waals surface area contributed by atoms with Crippen molar-refractivity contribution in [1.29, 1.82) is 0 Å². The van der Waals surface area contributed by atoms with Gasteiger partial charge in [-0.25, -0.2) is 14.2 Å². The summed E-state index contributed by atoms with van der Waals surface area (Å²) in [5, 5.41) is 13.4. The highest BCUT2D eigenvalue weighted by molar-refractivity contribution is 5.85. The van der Waals surface area contributed by atoms with Gasteiger partial charge >= 0.3 is 0 Å². The minimum atomic E-state index is -0.0749. The summed E-state index contributed by atoms with van der Waals surface area (Å²) >= 11 is 0. The Labute approximate surface area is 150 Å². The van der Waals surface area contributed by atoms with Crippen LogP contribution in [-0.4, -0.2) is 38.0 Å². The summed E-state index contributed by atoms with van der Waals surface area (Å²) in [4.78, 5) is 17.0. The van der Waals surface area contributed by atoms with Crippen LogP contribution >= 0.6 is 0 Å². The third-order valence-electron chi connectivity index (χ3n) is 4.45. The van der Waals surface area contributed by atoms with Crippen molar-refractivity contribution in [3.8, 4) is 11.3 Å². The summed E-state index contributed by atoms with van der Waals surface area (Å²) in [6, 6.07) is 7.77. The molecule has 0 aliphatic heterocycles. The zero-order valence-electron chi connectivity index (χ0n) is 15.0. The lowest BCUT2D eigenvalue weighted by Crippen LogP contribution is -2.27. The Kier molecular flexibility index (Phi) is 4.00. The van der Waals surface area contributed by atoms with Crippen molar-refractivity contribution < 1.29 is 0 Å². The van der Waals surface area contributed by atoms with Crippen molar-refractivity contribution in [2.45, 2.75) is 20.4 Å². The zero-order chi connectivity index (χ0) is 18.3. The molecule has 0 radical (unpaired) electrons. The van der Waals surface area contributed by atoms with Crippen molar-refractivity contribution in [1.82, 2.24) is 29.7 Å². The smallest absolute Gasteiger partial charge is 0.274 e. The van der Waals surface area contributed by atoms with E-state index in [1.54, 1.807) is 10.7 Å². The monoisotopic (exact) mass is 348 g/mol. The van der Waals surface area contributed by atoms with Gasteiger partial charge in [0.2, 0.25) is 0 Å². The average Bonchev–Trinajstić information content (AvgIpc) is 3.02. The lowest BCUT2D eigenvalue weighted by molar-refractivity contribution is 0.560. The van der Waals surface area contributed by atoms with Gasteiger partial charge in [-0.1, -0.05) is 6.07 Å². The second kappa shape index (κ2) is 6.34. The van der Waals surface area contributed by atoms with Crippen LogP contribution in [0.15, 0.2) is 41.5 Å². The van der Waals surface area contributed by atoms with Gasteiger partial charge in [0.15, 0.2) is 5.65 Å². The summed E-state index contributed by atoms with van der Waals surface area (Å²) in [5.74, 6) is 0. The minimum absolute atomic E-state index is 0.0749. The summed E-state index contributed by atoms with van der Waals surface area (Å²) in [6.45, 7) is 5.22. The van der Waals surface area contributed by atoms with Gasteiger partial charge in [0.25, 0.3) is 5.56 Å². The van der Waals surface area contributed by atoms with E-state index in [1.807, 2.05) is 51.4 Å². The number of likely N-dealkylation sites (N-methyl/N-ethyl adjacent to an activating group) is 1. The molecule has 3 aromatic heterocycles. The van der Waals surface area contributed by atoms with E-state index in [0.29, 0.717) is 18.5 Å². The molecular weight excluding hydrogens is 328 g/mol. The number of aryl methyl sites for hydroxylation is 2. The van der Waals surface area contributed by atoms with E-state index in [0.717, 1.165) is 33.5 Å². The van der Waals surface area contributed by atoms with E-state index >= 15 is 0 Å². The summed E-state index contributed by atoms with van der Waals surface area (Å²) in [7, 11) is 1.85. The molecule has 0 bridgehead atoms. The Balaban J connectivity index is 1.81. The third-order valence-corrected chi connectivity index (χ3v) is 4.45. The van der Waals surface area contributed by atoms with E-state index in [-0.39, 0.29) is 5.56 Å². The molecule has 4 aromatic rings. The first-order valence-electron chi connectivity index (χ1n) is 8.55. The van der Waals surface area contributed by atoms with Crippen LogP contribution in [-0.2, 0) is 6.54 Å². The van der Waals surface area contributed by atoms with Crippen LogP contribution in [0.25, 0.3) is 27.7 Å². The van der Waals surface area contributed by atoms with E-state index in [1.165, 1.54) is 4.68 Å². The topological polar surface area (TPSA) is 77.1 Å². The van der Waals surface area contributed by atoms with Gasteiger partial charge in [0.05, 0.1) is 35.7 Å². The number of aromatic nitrogens is 5. The van der Waals surface area contributed by atoms with Crippen LogP contribution in [0.2, 0.25) is 0 Å². The molecule has 26 heavy (non-hydrogen) atoms. The van der Waals surface area contributed by atoms with Gasteiger partial charge in [0, 0.05) is 17.5 Å². The van der Waals surface area contributed by atoms with Gasteiger partial charge in [0.1, 0.15) is 0 Å². The highest BCUT2D eigenvalue weighted by atomic mass is 16.1. The molecule has 132 valence electrons. The Morgan fingerprint density at radius 2 is 2.04 bits per heavy atom. The predicted octanol–water partition coefficient (Wildman–Crippen LogP) is 1.94. The Morgan fingerprint density at radius 1 is 1.19 bits per heavy atom. The molecule has 0 fully saturated rings. The molecule has 1 N–H and O–H groups in total. The van der Waals surface area contributed by atoms with Crippen LogP contribution in [0.4, 0.5) is 0 Å².